The molecule has 0 aromatic rings. The van der Waals surface area contributed by atoms with Gasteiger partial charge in [-0.2, -0.15) is 0 Å². The second kappa shape index (κ2) is 4.36. The van der Waals surface area contributed by atoms with E-state index in [2.05, 4.69) is 33.2 Å². The average molecular weight is 232 g/mol. The molecule has 1 fully saturated rings. The van der Waals surface area contributed by atoms with E-state index in [4.69, 9.17) is 4.74 Å². The maximum Gasteiger partial charge on any atom is 0.327 e. The fraction of sp³-hybridized carbons (Fsp3) is 0.900. The van der Waals surface area contributed by atoms with Gasteiger partial charge in [0, 0.05) is 18.1 Å². The number of nitrogens with zero attached hydrogens (tertiary/aromatic N) is 1. The van der Waals surface area contributed by atoms with Crippen LogP contribution in [0.1, 0.15) is 27.7 Å². The van der Waals surface area contributed by atoms with Crippen molar-refractivity contribution in [2.45, 2.75) is 51.4 Å². The normalized spacial score (nSPS) is 42.7. The molecule has 5 heteroatoms. The summed E-state index contributed by atoms with van der Waals surface area (Å²) in [6, 6.07) is 0.715. The summed E-state index contributed by atoms with van der Waals surface area (Å²) in [6.07, 6.45) is 0. The third-order valence-electron chi connectivity index (χ3n) is 3.61. The van der Waals surface area contributed by atoms with E-state index in [0.29, 0.717) is 6.04 Å². The van der Waals surface area contributed by atoms with Crippen LogP contribution in [0.3, 0.4) is 0 Å². The lowest BCUT2D eigenvalue weighted by Gasteiger charge is -2.50. The number of hydrogen-bond donors (Lipinski definition) is 1. The molecule has 1 saturated heterocycles. The molecule has 88 valence electrons. The Morgan fingerprint density at radius 1 is 1.47 bits per heavy atom. The minimum atomic E-state index is -0.636. The first-order valence-electron chi connectivity index (χ1n) is 5.23. The maximum absolute atomic E-state index is 11.8. The van der Waals surface area contributed by atoms with Crippen LogP contribution in [0, 0.1) is 0 Å². The minimum absolute atomic E-state index is 0.0844. The first-order valence-corrected chi connectivity index (χ1v) is 5.75. The highest BCUT2D eigenvalue weighted by molar-refractivity contribution is 7.13. The summed E-state index contributed by atoms with van der Waals surface area (Å²) in [5.74, 6) is -0.207. The van der Waals surface area contributed by atoms with Crippen LogP contribution in [0.4, 0.5) is 0 Å². The number of rotatable bonds is 1. The van der Waals surface area contributed by atoms with Gasteiger partial charge in [0.2, 0.25) is 0 Å². The number of ether oxygens (including phenoxy) is 1. The van der Waals surface area contributed by atoms with E-state index in [-0.39, 0.29) is 18.1 Å². The van der Waals surface area contributed by atoms with Gasteiger partial charge in [0.05, 0.1) is 7.11 Å². The minimum Gasteiger partial charge on any atom is -0.468 e. The van der Waals surface area contributed by atoms with Crippen LogP contribution in [0.15, 0.2) is 0 Å². The van der Waals surface area contributed by atoms with Crippen molar-refractivity contribution in [2.24, 2.45) is 0 Å². The van der Waals surface area contributed by atoms with Gasteiger partial charge in [0.15, 0.2) is 0 Å². The molecule has 1 aliphatic rings. The van der Waals surface area contributed by atoms with E-state index in [1.807, 2.05) is 13.8 Å². The number of carbonyl (C=O) groups excluding carboxylic acids is 1. The van der Waals surface area contributed by atoms with Gasteiger partial charge in [-0.3, -0.25) is 14.8 Å². The first kappa shape index (κ1) is 12.9. The molecule has 1 rings (SSSR count). The van der Waals surface area contributed by atoms with Gasteiger partial charge in [0.25, 0.3) is 0 Å². The maximum atomic E-state index is 11.8. The van der Waals surface area contributed by atoms with Crippen molar-refractivity contribution in [2.75, 3.05) is 7.11 Å². The van der Waals surface area contributed by atoms with Crippen molar-refractivity contribution in [3.05, 3.63) is 0 Å². The van der Waals surface area contributed by atoms with Gasteiger partial charge in [-0.25, -0.2) is 0 Å². The summed E-state index contributed by atoms with van der Waals surface area (Å²) in [4.78, 5) is 11.8. The van der Waals surface area contributed by atoms with Gasteiger partial charge in [-0.05, 0) is 27.7 Å². The number of hydrogen-bond acceptors (Lipinski definition) is 4. The highest BCUT2D eigenvalue weighted by Gasteiger charge is 2.48. The van der Waals surface area contributed by atoms with Gasteiger partial charge >= 0.3 is 5.97 Å². The van der Waals surface area contributed by atoms with Gasteiger partial charge in [-0.1, -0.05) is 9.39 Å². The Morgan fingerprint density at radius 3 is 2.47 bits per heavy atom. The molecule has 0 saturated carbocycles. The fourth-order valence-electron chi connectivity index (χ4n) is 2.06. The molecule has 0 aliphatic carbocycles. The van der Waals surface area contributed by atoms with Crippen LogP contribution in [0.25, 0.3) is 0 Å². The third kappa shape index (κ3) is 2.03. The molecular weight excluding hydrogens is 211 g/mol. The molecular formula is C10H21N2O2P. The Bertz CT molecular complexity index is 262. The molecule has 0 aromatic carbocycles. The van der Waals surface area contributed by atoms with E-state index in [1.54, 1.807) is 0 Å². The number of piperazine rings is 1. The van der Waals surface area contributed by atoms with E-state index in [0.717, 1.165) is 0 Å². The molecule has 1 aliphatic heterocycles. The highest BCUT2D eigenvalue weighted by atomic mass is 31.0. The predicted octanol–water partition coefficient (Wildman–Crippen LogP) is 0.779. The summed E-state index contributed by atoms with van der Waals surface area (Å²) in [5.41, 5.74) is -0.636. The lowest BCUT2D eigenvalue weighted by molar-refractivity contribution is -0.152. The lowest BCUT2D eigenvalue weighted by atomic mass is 9.87. The monoisotopic (exact) mass is 232 g/mol. The molecule has 5 atom stereocenters. The molecule has 1 heterocycles. The Balaban J connectivity index is 2.96. The molecule has 0 amide bonds. The second-order valence-corrected chi connectivity index (χ2v) is 5.09. The van der Waals surface area contributed by atoms with Crippen molar-refractivity contribution < 1.29 is 9.53 Å². The SMILES string of the molecule is COC(=O)C1(C)NC(C)C(C)N(P)C1C. The van der Waals surface area contributed by atoms with Crippen LogP contribution < -0.4 is 5.32 Å². The molecule has 4 nitrogen and oxygen atoms in total. The van der Waals surface area contributed by atoms with Crippen LogP contribution in [-0.4, -0.2) is 41.4 Å². The average Bonchev–Trinajstić information content (AvgIpc) is 2.22. The Labute approximate surface area is 94.0 Å². The summed E-state index contributed by atoms with van der Waals surface area (Å²) >= 11 is 0. The molecule has 15 heavy (non-hydrogen) atoms. The van der Waals surface area contributed by atoms with Crippen LogP contribution in [-0.2, 0) is 9.53 Å². The number of methoxy groups -OCH3 is 1. The summed E-state index contributed by atoms with van der Waals surface area (Å²) in [6.45, 7) is 8.13. The summed E-state index contributed by atoms with van der Waals surface area (Å²) in [5, 5.41) is 3.34. The summed E-state index contributed by atoms with van der Waals surface area (Å²) < 4.78 is 6.99. The van der Waals surface area contributed by atoms with Crippen molar-refractivity contribution in [1.82, 2.24) is 9.99 Å². The van der Waals surface area contributed by atoms with Crippen molar-refractivity contribution in [3.63, 3.8) is 0 Å². The van der Waals surface area contributed by atoms with E-state index >= 15 is 0 Å². The number of nitrogens with one attached hydrogen (secondary N) is 1. The molecule has 5 unspecified atom stereocenters. The van der Waals surface area contributed by atoms with Crippen LogP contribution >= 0.6 is 9.39 Å². The van der Waals surface area contributed by atoms with Crippen molar-refractivity contribution in [3.8, 4) is 0 Å². The molecule has 0 aromatic heterocycles. The quantitative estimate of drug-likeness (QED) is 0.536. The third-order valence-corrected chi connectivity index (χ3v) is 4.53. The van der Waals surface area contributed by atoms with Gasteiger partial charge < -0.3 is 4.74 Å². The number of carbonyl (C=O) groups is 1. The molecule has 0 spiro atoms. The molecule has 0 radical (unpaired) electrons. The van der Waals surface area contributed by atoms with Gasteiger partial charge in [0.1, 0.15) is 5.54 Å². The number of esters is 1. The smallest absolute Gasteiger partial charge is 0.327 e. The molecule has 1 N–H and O–H groups in total. The van der Waals surface area contributed by atoms with Crippen molar-refractivity contribution in [1.29, 1.82) is 0 Å². The first-order chi connectivity index (χ1) is 6.84. The van der Waals surface area contributed by atoms with Gasteiger partial charge in [-0.15, -0.1) is 0 Å². The largest absolute Gasteiger partial charge is 0.468 e. The molecule has 0 bridgehead atoms. The predicted molar refractivity (Wildman–Crippen MR) is 63.5 cm³/mol. The lowest BCUT2D eigenvalue weighted by Crippen LogP contribution is -2.71. The topological polar surface area (TPSA) is 41.6 Å². The van der Waals surface area contributed by atoms with E-state index < -0.39 is 5.54 Å². The van der Waals surface area contributed by atoms with Crippen LogP contribution in [0.2, 0.25) is 0 Å². The van der Waals surface area contributed by atoms with Crippen molar-refractivity contribution >= 4 is 15.4 Å². The Morgan fingerprint density at radius 2 is 2.00 bits per heavy atom. The van der Waals surface area contributed by atoms with E-state index in [1.165, 1.54) is 7.11 Å². The zero-order valence-corrected chi connectivity index (χ0v) is 11.2. The highest BCUT2D eigenvalue weighted by Crippen LogP contribution is 2.29. The Kier molecular flexibility index (Phi) is 3.75. The zero-order chi connectivity index (χ0) is 11.8. The standard InChI is InChI=1S/C10H21N2O2P/c1-6-7(2)12(15)8(3)10(4,11-6)9(13)14-5/h6-8,11H,15H2,1-5H3. The zero-order valence-electron chi connectivity index (χ0n) is 10.1. The summed E-state index contributed by atoms with van der Waals surface area (Å²) in [7, 11) is 4.13. The Hall–Kier alpha value is -0.180. The van der Waals surface area contributed by atoms with Crippen LogP contribution in [0.5, 0.6) is 0 Å². The van der Waals surface area contributed by atoms with E-state index in [9.17, 15) is 4.79 Å². The second-order valence-electron chi connectivity index (χ2n) is 4.49. The fourth-order valence-corrected chi connectivity index (χ4v) is 2.62.